The number of hydrogen-bond donors (Lipinski definition) is 0. The van der Waals surface area contributed by atoms with Gasteiger partial charge in [-0.25, -0.2) is 0 Å². The lowest BCUT2D eigenvalue weighted by molar-refractivity contribution is -0.154. The van der Waals surface area contributed by atoms with Gasteiger partial charge in [0, 0.05) is 11.4 Å². The molecule has 182 valence electrons. The number of nitrogens with zero attached hydrogens (tertiary/aromatic N) is 1. The summed E-state index contributed by atoms with van der Waals surface area (Å²) in [6.07, 6.45) is 0.310. The van der Waals surface area contributed by atoms with Gasteiger partial charge < -0.3 is 14.1 Å². The number of likely N-dealkylation sites (tertiary alicyclic amines) is 1. The highest BCUT2D eigenvalue weighted by Gasteiger charge is 2.64. The standard InChI is InChI=1S/C27H35NO4SSi/c1-26(2,3)34(4,5)31-19-21-16-24(33-22-14-10-7-11-15-22)27(32-21)23(29)18-28(25(27)30)17-20-12-8-6-9-13-20/h6-15,21,24H,16-19H2,1-5H3/t21-,24+,27?/m0/s1. The van der Waals surface area contributed by atoms with Crippen molar-refractivity contribution in [1.82, 2.24) is 4.90 Å². The van der Waals surface area contributed by atoms with Gasteiger partial charge in [0.05, 0.1) is 24.5 Å². The maximum absolute atomic E-state index is 13.8. The predicted molar refractivity (Wildman–Crippen MR) is 138 cm³/mol. The summed E-state index contributed by atoms with van der Waals surface area (Å²) < 4.78 is 12.9. The first-order valence-electron chi connectivity index (χ1n) is 11.9. The number of carbonyl (C=O) groups is 2. The third kappa shape index (κ3) is 4.89. The van der Waals surface area contributed by atoms with Crippen LogP contribution >= 0.6 is 11.8 Å². The summed E-state index contributed by atoms with van der Waals surface area (Å²) in [5, 5.41) is -0.212. The Labute approximate surface area is 208 Å². The fourth-order valence-electron chi connectivity index (χ4n) is 4.29. The molecule has 0 aliphatic carbocycles. The molecule has 1 spiro atoms. The van der Waals surface area contributed by atoms with Crippen LogP contribution in [0.4, 0.5) is 0 Å². The number of benzene rings is 2. The van der Waals surface area contributed by atoms with Gasteiger partial charge in [0.15, 0.2) is 14.1 Å². The van der Waals surface area contributed by atoms with Gasteiger partial charge in [-0.3, -0.25) is 9.59 Å². The van der Waals surface area contributed by atoms with Crippen molar-refractivity contribution in [3.63, 3.8) is 0 Å². The normalized spacial score (nSPS) is 25.5. The molecule has 2 aliphatic rings. The maximum Gasteiger partial charge on any atom is 0.264 e. The number of carbonyl (C=O) groups excluding carboxylic acids is 2. The molecule has 0 aromatic heterocycles. The van der Waals surface area contributed by atoms with E-state index >= 15 is 0 Å². The van der Waals surface area contributed by atoms with Crippen LogP contribution in [0.2, 0.25) is 18.1 Å². The van der Waals surface area contributed by atoms with Crippen molar-refractivity contribution in [3.8, 4) is 0 Å². The molecular formula is C27H35NO4SSi. The van der Waals surface area contributed by atoms with E-state index in [-0.39, 0.29) is 34.6 Å². The summed E-state index contributed by atoms with van der Waals surface area (Å²) in [4.78, 5) is 29.9. The summed E-state index contributed by atoms with van der Waals surface area (Å²) in [5.41, 5.74) is -0.444. The molecule has 2 aromatic rings. The lowest BCUT2D eigenvalue weighted by atomic mass is 9.96. The molecule has 2 aliphatic heterocycles. The third-order valence-electron chi connectivity index (χ3n) is 7.31. The van der Waals surface area contributed by atoms with E-state index in [2.05, 4.69) is 33.9 Å². The molecule has 7 heteroatoms. The first-order chi connectivity index (χ1) is 16.0. The fourth-order valence-corrected chi connectivity index (χ4v) is 6.73. The van der Waals surface area contributed by atoms with E-state index in [4.69, 9.17) is 9.16 Å². The summed E-state index contributed by atoms with van der Waals surface area (Å²) in [7, 11) is -1.99. The van der Waals surface area contributed by atoms with Crippen molar-refractivity contribution >= 4 is 31.8 Å². The number of hydrogen-bond acceptors (Lipinski definition) is 5. The Hall–Kier alpha value is -1.93. The minimum absolute atomic E-state index is 0.0764. The van der Waals surface area contributed by atoms with Crippen LogP contribution in [0, 0.1) is 0 Å². The van der Waals surface area contributed by atoms with Crippen molar-refractivity contribution in [2.24, 2.45) is 0 Å². The molecule has 0 radical (unpaired) electrons. The van der Waals surface area contributed by atoms with Gasteiger partial charge in [0.2, 0.25) is 5.60 Å². The first kappa shape index (κ1) is 25.2. The van der Waals surface area contributed by atoms with Gasteiger partial charge in [-0.15, -0.1) is 11.8 Å². The number of ether oxygens (including phenoxy) is 1. The Morgan fingerprint density at radius 3 is 2.29 bits per heavy atom. The van der Waals surface area contributed by atoms with Crippen molar-refractivity contribution in [2.75, 3.05) is 13.2 Å². The van der Waals surface area contributed by atoms with E-state index in [1.165, 1.54) is 0 Å². The molecule has 2 heterocycles. The van der Waals surface area contributed by atoms with Crippen LogP contribution < -0.4 is 0 Å². The summed E-state index contributed by atoms with van der Waals surface area (Å²) in [5.74, 6) is -0.360. The lowest BCUT2D eigenvalue weighted by Crippen LogP contribution is -2.50. The Balaban J connectivity index is 1.58. The molecule has 0 bridgehead atoms. The largest absolute Gasteiger partial charge is 0.414 e. The molecule has 1 amide bonds. The average Bonchev–Trinajstić information content (AvgIpc) is 3.27. The lowest BCUT2D eigenvalue weighted by Gasteiger charge is -2.37. The molecule has 2 saturated heterocycles. The Bertz CT molecular complexity index is 1020. The summed E-state index contributed by atoms with van der Waals surface area (Å²) in [6.45, 7) is 11.9. The monoisotopic (exact) mass is 497 g/mol. The number of Topliss-reactive ketones (excluding diaryl/α,β-unsaturated/α-hetero) is 1. The van der Waals surface area contributed by atoms with E-state index < -0.39 is 13.9 Å². The second-order valence-electron chi connectivity index (χ2n) is 10.8. The van der Waals surface area contributed by atoms with Crippen molar-refractivity contribution in [1.29, 1.82) is 0 Å². The molecule has 3 atom stereocenters. The van der Waals surface area contributed by atoms with E-state index in [1.807, 2.05) is 60.7 Å². The molecule has 0 N–H and O–H groups in total. The quantitative estimate of drug-likeness (QED) is 0.383. The number of ketones is 1. The molecule has 1 unspecified atom stereocenters. The molecule has 0 saturated carbocycles. The van der Waals surface area contributed by atoms with Crippen LogP contribution in [0.1, 0.15) is 32.8 Å². The van der Waals surface area contributed by atoms with Gasteiger partial charge in [-0.1, -0.05) is 69.3 Å². The van der Waals surface area contributed by atoms with Gasteiger partial charge in [0.25, 0.3) is 5.91 Å². The Morgan fingerprint density at radius 2 is 1.68 bits per heavy atom. The minimum atomic E-state index is -1.99. The fraction of sp³-hybridized carbons (Fsp3) is 0.481. The second-order valence-corrected chi connectivity index (χ2v) is 16.9. The van der Waals surface area contributed by atoms with Gasteiger partial charge >= 0.3 is 0 Å². The third-order valence-corrected chi connectivity index (χ3v) is 13.2. The van der Waals surface area contributed by atoms with Crippen LogP contribution in [0.25, 0.3) is 0 Å². The first-order valence-corrected chi connectivity index (χ1v) is 15.7. The number of amides is 1. The number of rotatable bonds is 7. The number of thioether (sulfide) groups is 1. The van der Waals surface area contributed by atoms with Crippen LogP contribution in [0.15, 0.2) is 65.6 Å². The zero-order chi connectivity index (χ0) is 24.6. The van der Waals surface area contributed by atoms with Gasteiger partial charge in [-0.2, -0.15) is 0 Å². The van der Waals surface area contributed by atoms with Crippen molar-refractivity contribution < 1.29 is 18.8 Å². The molecule has 5 nitrogen and oxygen atoms in total. The van der Waals surface area contributed by atoms with Crippen molar-refractivity contribution in [2.45, 2.75) is 73.7 Å². The van der Waals surface area contributed by atoms with E-state index in [9.17, 15) is 9.59 Å². The summed E-state index contributed by atoms with van der Waals surface area (Å²) in [6, 6.07) is 19.7. The average molecular weight is 498 g/mol. The summed E-state index contributed by atoms with van der Waals surface area (Å²) >= 11 is 1.57. The van der Waals surface area contributed by atoms with Crippen molar-refractivity contribution in [3.05, 3.63) is 66.2 Å². The van der Waals surface area contributed by atoms with E-state index in [0.717, 1.165) is 10.5 Å². The van der Waals surface area contributed by atoms with Gasteiger partial charge in [0.1, 0.15) is 0 Å². The zero-order valence-corrected chi connectivity index (χ0v) is 22.6. The van der Waals surface area contributed by atoms with Crippen LogP contribution in [0.3, 0.4) is 0 Å². The molecule has 34 heavy (non-hydrogen) atoms. The van der Waals surface area contributed by atoms with E-state index in [0.29, 0.717) is 19.6 Å². The SMILES string of the molecule is CC(C)(C)[Si](C)(C)OC[C@@H]1C[C@@H](Sc2ccccc2)C2(O1)C(=O)CN(Cc1ccccc1)C2=O. The molecule has 2 aromatic carbocycles. The minimum Gasteiger partial charge on any atom is -0.414 e. The highest BCUT2D eigenvalue weighted by atomic mass is 32.2. The van der Waals surface area contributed by atoms with Crippen LogP contribution in [0.5, 0.6) is 0 Å². The maximum atomic E-state index is 13.8. The zero-order valence-electron chi connectivity index (χ0n) is 20.7. The van der Waals surface area contributed by atoms with Gasteiger partial charge in [-0.05, 0) is 42.2 Å². The second kappa shape index (κ2) is 9.61. The van der Waals surface area contributed by atoms with Crippen LogP contribution in [-0.4, -0.2) is 55.0 Å². The van der Waals surface area contributed by atoms with Crippen LogP contribution in [-0.2, 0) is 25.3 Å². The smallest absolute Gasteiger partial charge is 0.264 e. The highest BCUT2D eigenvalue weighted by Crippen LogP contribution is 2.47. The topological polar surface area (TPSA) is 55.8 Å². The Morgan fingerprint density at radius 1 is 1.06 bits per heavy atom. The highest BCUT2D eigenvalue weighted by molar-refractivity contribution is 8.00. The Kier molecular flexibility index (Phi) is 7.11. The molecular weight excluding hydrogens is 462 g/mol. The van der Waals surface area contributed by atoms with E-state index in [1.54, 1.807) is 16.7 Å². The molecule has 4 rings (SSSR count). The molecule has 2 fully saturated rings. The predicted octanol–water partition coefficient (Wildman–Crippen LogP) is 5.31.